The average Bonchev–Trinajstić information content (AvgIpc) is 2.14. The van der Waals surface area contributed by atoms with E-state index in [0.29, 0.717) is 19.8 Å². The molecule has 0 spiro atoms. The SMILES string of the molecule is COCCCOCC(C)OCC(C)O. The minimum Gasteiger partial charge on any atom is -0.391 e. The molecule has 0 aliphatic heterocycles. The van der Waals surface area contributed by atoms with Crippen LogP contribution < -0.4 is 0 Å². The van der Waals surface area contributed by atoms with Gasteiger partial charge >= 0.3 is 0 Å². The molecule has 0 aromatic heterocycles. The summed E-state index contributed by atoms with van der Waals surface area (Å²) >= 11 is 0. The minimum atomic E-state index is -0.411. The predicted molar refractivity (Wildman–Crippen MR) is 54.4 cm³/mol. The molecule has 0 aromatic carbocycles. The van der Waals surface area contributed by atoms with Gasteiger partial charge in [-0.15, -0.1) is 0 Å². The van der Waals surface area contributed by atoms with E-state index in [2.05, 4.69) is 0 Å². The molecule has 0 amide bonds. The first-order valence-corrected chi connectivity index (χ1v) is 5.03. The summed E-state index contributed by atoms with van der Waals surface area (Å²) in [6.07, 6.45) is 0.526. The van der Waals surface area contributed by atoms with Crippen LogP contribution in [0.15, 0.2) is 0 Å². The van der Waals surface area contributed by atoms with Crippen LogP contribution in [0.3, 0.4) is 0 Å². The number of methoxy groups -OCH3 is 1. The highest BCUT2D eigenvalue weighted by atomic mass is 16.5. The van der Waals surface area contributed by atoms with E-state index in [9.17, 15) is 0 Å². The van der Waals surface area contributed by atoms with Gasteiger partial charge in [0.05, 0.1) is 25.4 Å². The van der Waals surface area contributed by atoms with E-state index in [0.717, 1.165) is 13.0 Å². The summed E-state index contributed by atoms with van der Waals surface area (Å²) in [5.74, 6) is 0. The van der Waals surface area contributed by atoms with Crippen molar-refractivity contribution in [1.82, 2.24) is 0 Å². The number of hydrogen-bond acceptors (Lipinski definition) is 4. The third-order valence-corrected chi connectivity index (χ3v) is 1.61. The Labute approximate surface area is 86.2 Å². The second kappa shape index (κ2) is 9.40. The molecule has 0 aliphatic carbocycles. The van der Waals surface area contributed by atoms with Crippen LogP contribution in [0, 0.1) is 0 Å². The van der Waals surface area contributed by atoms with Crippen LogP contribution in [-0.4, -0.2) is 50.9 Å². The van der Waals surface area contributed by atoms with Crippen LogP contribution in [0.1, 0.15) is 20.3 Å². The highest BCUT2D eigenvalue weighted by Gasteiger charge is 2.03. The van der Waals surface area contributed by atoms with Crippen LogP contribution >= 0.6 is 0 Å². The van der Waals surface area contributed by atoms with Gasteiger partial charge in [0.25, 0.3) is 0 Å². The van der Waals surface area contributed by atoms with Crippen molar-refractivity contribution in [3.63, 3.8) is 0 Å². The molecule has 14 heavy (non-hydrogen) atoms. The zero-order valence-corrected chi connectivity index (χ0v) is 9.36. The Morgan fingerprint density at radius 1 is 1.14 bits per heavy atom. The van der Waals surface area contributed by atoms with Crippen molar-refractivity contribution in [1.29, 1.82) is 0 Å². The molecule has 0 radical (unpaired) electrons. The average molecular weight is 206 g/mol. The van der Waals surface area contributed by atoms with Gasteiger partial charge in [0.2, 0.25) is 0 Å². The van der Waals surface area contributed by atoms with Crippen LogP contribution in [0.25, 0.3) is 0 Å². The van der Waals surface area contributed by atoms with Gasteiger partial charge in [-0.3, -0.25) is 0 Å². The summed E-state index contributed by atoms with van der Waals surface area (Å²) in [4.78, 5) is 0. The molecular formula is C10H22O4. The molecule has 2 unspecified atom stereocenters. The van der Waals surface area contributed by atoms with Crippen LogP contribution in [0.5, 0.6) is 0 Å². The van der Waals surface area contributed by atoms with Gasteiger partial charge in [0.15, 0.2) is 0 Å². The second-order valence-electron chi connectivity index (χ2n) is 3.41. The van der Waals surface area contributed by atoms with Crippen molar-refractivity contribution in [3.8, 4) is 0 Å². The molecule has 0 fully saturated rings. The molecule has 4 nitrogen and oxygen atoms in total. The van der Waals surface area contributed by atoms with Gasteiger partial charge in [-0.25, -0.2) is 0 Å². The van der Waals surface area contributed by atoms with E-state index in [1.165, 1.54) is 0 Å². The van der Waals surface area contributed by atoms with Crippen LogP contribution in [0.4, 0.5) is 0 Å². The number of aliphatic hydroxyl groups is 1. The highest BCUT2D eigenvalue weighted by molar-refractivity contribution is 4.50. The largest absolute Gasteiger partial charge is 0.391 e. The van der Waals surface area contributed by atoms with Gasteiger partial charge < -0.3 is 19.3 Å². The topological polar surface area (TPSA) is 47.9 Å². The first-order chi connectivity index (χ1) is 6.66. The summed E-state index contributed by atoms with van der Waals surface area (Å²) in [5.41, 5.74) is 0. The summed E-state index contributed by atoms with van der Waals surface area (Å²) in [6.45, 7) is 5.98. The summed E-state index contributed by atoms with van der Waals surface area (Å²) < 4.78 is 15.5. The van der Waals surface area contributed by atoms with Crippen molar-refractivity contribution in [2.45, 2.75) is 32.5 Å². The molecule has 4 heteroatoms. The zero-order chi connectivity index (χ0) is 10.8. The molecule has 86 valence electrons. The molecule has 0 saturated heterocycles. The maximum Gasteiger partial charge on any atom is 0.0781 e. The Morgan fingerprint density at radius 2 is 1.86 bits per heavy atom. The lowest BCUT2D eigenvalue weighted by Crippen LogP contribution is -2.21. The number of rotatable bonds is 9. The van der Waals surface area contributed by atoms with Crippen molar-refractivity contribution >= 4 is 0 Å². The second-order valence-corrected chi connectivity index (χ2v) is 3.41. The van der Waals surface area contributed by atoms with Crippen molar-refractivity contribution < 1.29 is 19.3 Å². The molecule has 1 N–H and O–H groups in total. The normalized spacial score (nSPS) is 15.4. The molecule has 0 saturated carbocycles. The lowest BCUT2D eigenvalue weighted by Gasteiger charge is -2.14. The molecule has 0 aliphatic rings. The number of hydrogen-bond donors (Lipinski definition) is 1. The van der Waals surface area contributed by atoms with E-state index < -0.39 is 6.10 Å². The van der Waals surface area contributed by atoms with E-state index >= 15 is 0 Å². The number of aliphatic hydroxyl groups excluding tert-OH is 1. The smallest absolute Gasteiger partial charge is 0.0781 e. The molecule has 2 atom stereocenters. The maximum atomic E-state index is 8.96. The standard InChI is InChI=1S/C10H22O4/c1-9(11)7-14-10(2)8-13-6-4-5-12-3/h9-11H,4-8H2,1-3H3. The van der Waals surface area contributed by atoms with Gasteiger partial charge in [0.1, 0.15) is 0 Å². The van der Waals surface area contributed by atoms with E-state index in [-0.39, 0.29) is 6.10 Å². The number of ether oxygens (including phenoxy) is 3. The van der Waals surface area contributed by atoms with E-state index in [1.807, 2.05) is 6.92 Å². The van der Waals surface area contributed by atoms with Gasteiger partial charge in [-0.05, 0) is 20.3 Å². The summed E-state index contributed by atoms with van der Waals surface area (Å²) in [7, 11) is 1.67. The van der Waals surface area contributed by atoms with Gasteiger partial charge in [-0.1, -0.05) is 0 Å². The summed E-state index contributed by atoms with van der Waals surface area (Å²) in [5, 5.41) is 8.96. The fourth-order valence-electron chi connectivity index (χ4n) is 0.906. The molecule has 0 heterocycles. The third kappa shape index (κ3) is 9.92. The Balaban J connectivity index is 3.14. The quantitative estimate of drug-likeness (QED) is 0.568. The fourth-order valence-corrected chi connectivity index (χ4v) is 0.906. The molecule has 0 aromatic rings. The van der Waals surface area contributed by atoms with Crippen molar-refractivity contribution in [3.05, 3.63) is 0 Å². The predicted octanol–water partition coefficient (Wildman–Crippen LogP) is 0.825. The van der Waals surface area contributed by atoms with Crippen LogP contribution in [-0.2, 0) is 14.2 Å². The van der Waals surface area contributed by atoms with Gasteiger partial charge in [0, 0.05) is 20.3 Å². The monoisotopic (exact) mass is 206 g/mol. The van der Waals surface area contributed by atoms with Gasteiger partial charge in [-0.2, -0.15) is 0 Å². The molecule has 0 rings (SSSR count). The van der Waals surface area contributed by atoms with Crippen molar-refractivity contribution in [2.24, 2.45) is 0 Å². The minimum absolute atomic E-state index is 0.0344. The van der Waals surface area contributed by atoms with Crippen molar-refractivity contribution in [2.75, 3.05) is 33.5 Å². The van der Waals surface area contributed by atoms with E-state index in [1.54, 1.807) is 14.0 Å². The lowest BCUT2D eigenvalue weighted by molar-refractivity contribution is -0.0383. The molecular weight excluding hydrogens is 184 g/mol. The van der Waals surface area contributed by atoms with E-state index in [4.69, 9.17) is 19.3 Å². The molecule has 0 bridgehead atoms. The first-order valence-electron chi connectivity index (χ1n) is 5.03. The Kier molecular flexibility index (Phi) is 9.29. The van der Waals surface area contributed by atoms with Crippen LogP contribution in [0.2, 0.25) is 0 Å². The Morgan fingerprint density at radius 3 is 2.43 bits per heavy atom. The fraction of sp³-hybridized carbons (Fsp3) is 1.00. The Hall–Kier alpha value is -0.160. The lowest BCUT2D eigenvalue weighted by atomic mass is 10.4. The first kappa shape index (κ1) is 13.8. The Bertz CT molecular complexity index is 117. The third-order valence-electron chi connectivity index (χ3n) is 1.61. The maximum absolute atomic E-state index is 8.96. The highest BCUT2D eigenvalue weighted by Crippen LogP contribution is 1.95. The zero-order valence-electron chi connectivity index (χ0n) is 9.36. The summed E-state index contributed by atoms with van der Waals surface area (Å²) in [6, 6.07) is 0.